The molecule has 0 spiro atoms. The highest BCUT2D eigenvalue weighted by atomic mass is 32.1. The van der Waals surface area contributed by atoms with E-state index < -0.39 is 0 Å². The van der Waals surface area contributed by atoms with Crippen molar-refractivity contribution in [1.82, 2.24) is 9.80 Å². The standard InChI is InChI=1S/C19H20N2O2S/c1-15(22)20-11-13-21(14-12-20)19(23)10-8-17-7-9-18(24-17)16-5-3-2-4-6-16/h2-10H,11-14H2,1H3/b10-8+. The summed E-state index contributed by atoms with van der Waals surface area (Å²) in [7, 11) is 0. The number of amides is 2. The van der Waals surface area contributed by atoms with Gasteiger partial charge in [-0.3, -0.25) is 9.59 Å². The first-order valence-electron chi connectivity index (χ1n) is 8.01. The number of hydrogen-bond acceptors (Lipinski definition) is 3. The molecule has 4 nitrogen and oxygen atoms in total. The van der Waals surface area contributed by atoms with Crippen LogP contribution in [0.4, 0.5) is 0 Å². The molecule has 0 unspecified atom stereocenters. The smallest absolute Gasteiger partial charge is 0.246 e. The van der Waals surface area contributed by atoms with Crippen molar-refractivity contribution in [2.45, 2.75) is 6.92 Å². The molecule has 0 radical (unpaired) electrons. The van der Waals surface area contributed by atoms with Crippen LogP contribution in [0.25, 0.3) is 16.5 Å². The quantitative estimate of drug-likeness (QED) is 0.806. The van der Waals surface area contributed by atoms with Gasteiger partial charge >= 0.3 is 0 Å². The maximum absolute atomic E-state index is 12.3. The lowest BCUT2D eigenvalue weighted by Crippen LogP contribution is -2.49. The van der Waals surface area contributed by atoms with Crippen molar-refractivity contribution in [1.29, 1.82) is 0 Å². The van der Waals surface area contributed by atoms with Gasteiger partial charge in [0, 0.05) is 48.9 Å². The van der Waals surface area contributed by atoms with Crippen LogP contribution < -0.4 is 0 Å². The molecule has 5 heteroatoms. The van der Waals surface area contributed by atoms with Crippen molar-refractivity contribution in [2.24, 2.45) is 0 Å². The molecule has 3 rings (SSSR count). The van der Waals surface area contributed by atoms with E-state index in [4.69, 9.17) is 0 Å². The van der Waals surface area contributed by atoms with Crippen LogP contribution in [0.2, 0.25) is 0 Å². The highest BCUT2D eigenvalue weighted by Crippen LogP contribution is 2.28. The van der Waals surface area contributed by atoms with Gasteiger partial charge in [0.2, 0.25) is 11.8 Å². The second-order valence-corrected chi connectivity index (χ2v) is 6.85. The van der Waals surface area contributed by atoms with E-state index in [9.17, 15) is 9.59 Å². The van der Waals surface area contributed by atoms with Gasteiger partial charge in [0.05, 0.1) is 0 Å². The van der Waals surface area contributed by atoms with E-state index in [-0.39, 0.29) is 11.8 Å². The van der Waals surface area contributed by atoms with E-state index in [1.807, 2.05) is 30.3 Å². The molecule has 0 atom stereocenters. The molecule has 1 aromatic heterocycles. The lowest BCUT2D eigenvalue weighted by molar-refractivity contribution is -0.135. The van der Waals surface area contributed by atoms with Gasteiger partial charge in [0.25, 0.3) is 0 Å². The molecule has 1 aliphatic rings. The number of carbonyl (C=O) groups excluding carboxylic acids is 2. The topological polar surface area (TPSA) is 40.6 Å². The molecule has 0 aliphatic carbocycles. The van der Waals surface area contributed by atoms with Crippen LogP contribution in [0, 0.1) is 0 Å². The number of hydrogen-bond donors (Lipinski definition) is 0. The summed E-state index contributed by atoms with van der Waals surface area (Å²) in [6.07, 6.45) is 3.50. The van der Waals surface area contributed by atoms with Gasteiger partial charge in [-0.15, -0.1) is 11.3 Å². The van der Waals surface area contributed by atoms with E-state index >= 15 is 0 Å². The predicted molar refractivity (Wildman–Crippen MR) is 97.6 cm³/mol. The molecule has 2 heterocycles. The van der Waals surface area contributed by atoms with E-state index in [0.717, 1.165) is 4.88 Å². The summed E-state index contributed by atoms with van der Waals surface area (Å²) in [5, 5.41) is 0. The van der Waals surface area contributed by atoms with Crippen LogP contribution in [0.5, 0.6) is 0 Å². The van der Waals surface area contributed by atoms with Crippen molar-refractivity contribution in [3.05, 3.63) is 53.4 Å². The van der Waals surface area contributed by atoms with E-state index in [0.29, 0.717) is 26.2 Å². The van der Waals surface area contributed by atoms with E-state index in [1.165, 1.54) is 10.4 Å². The Hall–Kier alpha value is -2.40. The van der Waals surface area contributed by atoms with Crippen molar-refractivity contribution in [3.63, 3.8) is 0 Å². The van der Waals surface area contributed by atoms with Crippen molar-refractivity contribution in [2.75, 3.05) is 26.2 Å². The summed E-state index contributed by atoms with van der Waals surface area (Å²) in [4.78, 5) is 29.4. The molecule has 24 heavy (non-hydrogen) atoms. The number of piperazine rings is 1. The average molecular weight is 340 g/mol. The van der Waals surface area contributed by atoms with Crippen LogP contribution in [-0.4, -0.2) is 47.8 Å². The minimum absolute atomic E-state index is 0.00728. The first kappa shape index (κ1) is 16.5. The Kier molecular flexibility index (Phi) is 5.11. The normalized spacial score (nSPS) is 15.0. The van der Waals surface area contributed by atoms with Crippen molar-refractivity contribution >= 4 is 29.2 Å². The third-order valence-electron chi connectivity index (χ3n) is 4.11. The molecular formula is C19H20N2O2S. The fourth-order valence-electron chi connectivity index (χ4n) is 2.70. The Morgan fingerprint density at radius 1 is 0.958 bits per heavy atom. The zero-order chi connectivity index (χ0) is 16.9. The summed E-state index contributed by atoms with van der Waals surface area (Å²) in [5.41, 5.74) is 1.19. The van der Waals surface area contributed by atoms with E-state index in [2.05, 4.69) is 18.2 Å². The Morgan fingerprint density at radius 3 is 2.29 bits per heavy atom. The first-order valence-corrected chi connectivity index (χ1v) is 8.83. The van der Waals surface area contributed by atoms with Crippen LogP contribution in [0.15, 0.2) is 48.5 Å². The number of nitrogens with zero attached hydrogens (tertiary/aromatic N) is 2. The van der Waals surface area contributed by atoms with Gasteiger partial charge in [0.1, 0.15) is 0 Å². The fraction of sp³-hybridized carbons (Fsp3) is 0.263. The number of rotatable bonds is 3. The van der Waals surface area contributed by atoms with Crippen LogP contribution in [-0.2, 0) is 9.59 Å². The summed E-state index contributed by atoms with van der Waals surface area (Å²) in [6.45, 7) is 4.00. The third kappa shape index (κ3) is 3.92. The molecule has 2 amide bonds. The maximum atomic E-state index is 12.3. The lowest BCUT2D eigenvalue weighted by atomic mass is 10.2. The SMILES string of the molecule is CC(=O)N1CCN(C(=O)/C=C/c2ccc(-c3ccccc3)s2)CC1. The summed E-state index contributed by atoms with van der Waals surface area (Å²) in [6, 6.07) is 14.3. The molecule has 0 saturated carbocycles. The monoisotopic (exact) mass is 340 g/mol. The van der Waals surface area contributed by atoms with Crippen molar-refractivity contribution in [3.8, 4) is 10.4 Å². The summed E-state index contributed by atoms with van der Waals surface area (Å²) >= 11 is 1.67. The minimum Gasteiger partial charge on any atom is -0.339 e. The number of benzene rings is 1. The van der Waals surface area contributed by atoms with Gasteiger partial charge < -0.3 is 9.80 Å². The van der Waals surface area contributed by atoms with E-state index in [1.54, 1.807) is 34.1 Å². The molecule has 0 N–H and O–H groups in total. The first-order chi connectivity index (χ1) is 11.6. The average Bonchev–Trinajstić information content (AvgIpc) is 3.09. The third-order valence-corrected chi connectivity index (χ3v) is 5.21. The van der Waals surface area contributed by atoms with Gasteiger partial charge in [-0.25, -0.2) is 0 Å². The molecular weight excluding hydrogens is 320 g/mol. The largest absolute Gasteiger partial charge is 0.339 e. The summed E-state index contributed by atoms with van der Waals surface area (Å²) < 4.78 is 0. The Labute approximate surface area is 146 Å². The number of thiophene rings is 1. The zero-order valence-corrected chi connectivity index (χ0v) is 14.5. The second kappa shape index (κ2) is 7.45. The lowest BCUT2D eigenvalue weighted by Gasteiger charge is -2.33. The van der Waals surface area contributed by atoms with Gasteiger partial charge in [-0.1, -0.05) is 30.3 Å². The van der Waals surface area contributed by atoms with Crippen LogP contribution >= 0.6 is 11.3 Å². The summed E-state index contributed by atoms with van der Waals surface area (Å²) in [5.74, 6) is 0.0810. The minimum atomic E-state index is 0.00728. The Balaban J connectivity index is 1.59. The molecule has 1 fully saturated rings. The zero-order valence-electron chi connectivity index (χ0n) is 13.6. The van der Waals surface area contributed by atoms with Gasteiger partial charge in [-0.2, -0.15) is 0 Å². The Bertz CT molecular complexity index is 744. The maximum Gasteiger partial charge on any atom is 0.246 e. The van der Waals surface area contributed by atoms with Crippen LogP contribution in [0.3, 0.4) is 0 Å². The van der Waals surface area contributed by atoms with Gasteiger partial charge in [-0.05, 0) is 23.8 Å². The van der Waals surface area contributed by atoms with Crippen molar-refractivity contribution < 1.29 is 9.59 Å². The molecule has 1 saturated heterocycles. The predicted octanol–water partition coefficient (Wildman–Crippen LogP) is 3.12. The Morgan fingerprint density at radius 2 is 1.62 bits per heavy atom. The number of carbonyl (C=O) groups is 2. The van der Waals surface area contributed by atoms with Crippen LogP contribution in [0.1, 0.15) is 11.8 Å². The molecule has 2 aromatic rings. The highest BCUT2D eigenvalue weighted by Gasteiger charge is 2.20. The fourth-order valence-corrected chi connectivity index (χ4v) is 3.62. The molecule has 0 bridgehead atoms. The second-order valence-electron chi connectivity index (χ2n) is 5.73. The van der Waals surface area contributed by atoms with Gasteiger partial charge in [0.15, 0.2) is 0 Å². The highest BCUT2D eigenvalue weighted by molar-refractivity contribution is 7.16. The molecule has 124 valence electrons. The molecule has 1 aromatic carbocycles. The molecule has 1 aliphatic heterocycles.